The van der Waals surface area contributed by atoms with Crippen LogP contribution in [-0.4, -0.2) is 12.6 Å². The van der Waals surface area contributed by atoms with Crippen LogP contribution in [0.4, 0.5) is 4.39 Å². The SMILES string of the molecule is FCC=CCCl. The van der Waals surface area contributed by atoms with Crippen molar-refractivity contribution in [3.05, 3.63) is 12.2 Å². The van der Waals surface area contributed by atoms with E-state index < -0.39 is 6.67 Å². The fourth-order valence-electron chi connectivity index (χ4n) is 0.126. The highest BCUT2D eigenvalue weighted by Gasteiger charge is 1.64. The van der Waals surface area contributed by atoms with E-state index in [1.165, 1.54) is 6.08 Å². The van der Waals surface area contributed by atoms with Gasteiger partial charge in [0, 0.05) is 5.88 Å². The lowest BCUT2D eigenvalue weighted by Gasteiger charge is -1.69. The molecule has 0 N–H and O–H groups in total. The Morgan fingerprint density at radius 2 is 2.17 bits per heavy atom. The molecule has 0 aromatic heterocycles. The fraction of sp³-hybridized carbons (Fsp3) is 0.500. The zero-order chi connectivity index (χ0) is 4.83. The van der Waals surface area contributed by atoms with Gasteiger partial charge < -0.3 is 0 Å². The summed E-state index contributed by atoms with van der Waals surface area (Å²) in [5.74, 6) is 0.407. The molecule has 0 unspecified atom stereocenters. The van der Waals surface area contributed by atoms with Gasteiger partial charge in [-0.15, -0.1) is 11.6 Å². The minimum atomic E-state index is -0.410. The zero-order valence-corrected chi connectivity index (χ0v) is 4.08. The average molecular weight is 109 g/mol. The summed E-state index contributed by atoms with van der Waals surface area (Å²) in [6.07, 6.45) is 2.95. The van der Waals surface area contributed by atoms with Gasteiger partial charge in [-0.1, -0.05) is 12.2 Å². The van der Waals surface area contributed by atoms with Crippen LogP contribution in [0.3, 0.4) is 0 Å². The summed E-state index contributed by atoms with van der Waals surface area (Å²) in [5, 5.41) is 0. The molecule has 0 rings (SSSR count). The van der Waals surface area contributed by atoms with E-state index in [0.717, 1.165) is 0 Å². The first-order valence-corrected chi connectivity index (χ1v) is 2.22. The molecule has 0 spiro atoms. The third-order valence-corrected chi connectivity index (χ3v) is 0.523. The third-order valence-electron chi connectivity index (χ3n) is 0.345. The van der Waals surface area contributed by atoms with Gasteiger partial charge in [-0.05, 0) is 0 Å². The summed E-state index contributed by atoms with van der Waals surface area (Å²) in [5.41, 5.74) is 0. The molecule has 0 aromatic carbocycles. The van der Waals surface area contributed by atoms with Gasteiger partial charge in [0.05, 0.1) is 0 Å². The Morgan fingerprint density at radius 3 is 2.33 bits per heavy atom. The van der Waals surface area contributed by atoms with Crippen LogP contribution in [0, 0.1) is 0 Å². The molecule has 0 amide bonds. The van der Waals surface area contributed by atoms with E-state index in [9.17, 15) is 4.39 Å². The molecule has 0 atom stereocenters. The van der Waals surface area contributed by atoms with Gasteiger partial charge in [-0.2, -0.15) is 0 Å². The Bertz CT molecular complexity index is 36.8. The van der Waals surface area contributed by atoms with Crippen molar-refractivity contribution in [3.63, 3.8) is 0 Å². The van der Waals surface area contributed by atoms with E-state index in [-0.39, 0.29) is 0 Å². The zero-order valence-electron chi connectivity index (χ0n) is 3.32. The Hall–Kier alpha value is -0.0400. The van der Waals surface area contributed by atoms with Crippen molar-refractivity contribution in [2.24, 2.45) is 0 Å². The molecule has 0 aliphatic carbocycles. The highest BCUT2D eigenvalue weighted by atomic mass is 35.5. The maximum Gasteiger partial charge on any atom is 0.108 e. The summed E-state index contributed by atoms with van der Waals surface area (Å²) in [7, 11) is 0. The standard InChI is InChI=1S/C4H6ClF/c5-3-1-2-4-6/h1-2H,3-4H2. The maximum absolute atomic E-state index is 11.0. The molecule has 0 nitrogen and oxygen atoms in total. The second kappa shape index (κ2) is 4.96. The second-order valence-electron chi connectivity index (χ2n) is 0.780. The van der Waals surface area contributed by atoms with Crippen molar-refractivity contribution >= 4 is 11.6 Å². The summed E-state index contributed by atoms with van der Waals surface area (Å²) >= 11 is 5.13. The van der Waals surface area contributed by atoms with E-state index in [4.69, 9.17) is 11.6 Å². The van der Waals surface area contributed by atoms with Crippen LogP contribution in [0.2, 0.25) is 0 Å². The van der Waals surface area contributed by atoms with Crippen molar-refractivity contribution < 1.29 is 4.39 Å². The van der Waals surface area contributed by atoms with Crippen molar-refractivity contribution in [2.45, 2.75) is 0 Å². The number of rotatable bonds is 2. The highest BCUT2D eigenvalue weighted by molar-refractivity contribution is 6.18. The topological polar surface area (TPSA) is 0 Å². The molecule has 0 aromatic rings. The Balaban J connectivity index is 2.73. The molecule has 0 bridgehead atoms. The number of alkyl halides is 2. The van der Waals surface area contributed by atoms with Crippen LogP contribution in [-0.2, 0) is 0 Å². The lowest BCUT2D eigenvalue weighted by molar-refractivity contribution is 0.561. The molecule has 0 saturated carbocycles. The molecular weight excluding hydrogens is 102 g/mol. The van der Waals surface area contributed by atoms with Crippen LogP contribution < -0.4 is 0 Å². The molecule has 2 heteroatoms. The van der Waals surface area contributed by atoms with Crippen molar-refractivity contribution in [1.29, 1.82) is 0 Å². The smallest absolute Gasteiger partial charge is 0.108 e. The van der Waals surface area contributed by atoms with Gasteiger partial charge in [0.1, 0.15) is 6.67 Å². The maximum atomic E-state index is 11.0. The predicted molar refractivity (Wildman–Crippen MR) is 25.8 cm³/mol. The van der Waals surface area contributed by atoms with Gasteiger partial charge in [0.2, 0.25) is 0 Å². The van der Waals surface area contributed by atoms with Gasteiger partial charge in [-0.25, -0.2) is 4.39 Å². The molecule has 0 radical (unpaired) electrons. The Labute approximate surface area is 41.6 Å². The summed E-state index contributed by atoms with van der Waals surface area (Å²) in [4.78, 5) is 0. The quantitative estimate of drug-likeness (QED) is 0.374. The third kappa shape index (κ3) is 3.96. The van der Waals surface area contributed by atoms with Gasteiger partial charge in [0.15, 0.2) is 0 Å². The van der Waals surface area contributed by atoms with Crippen LogP contribution in [0.1, 0.15) is 0 Å². The van der Waals surface area contributed by atoms with Crippen molar-refractivity contribution in [3.8, 4) is 0 Å². The average Bonchev–Trinajstić information content (AvgIpc) is 1.61. The fourth-order valence-corrected chi connectivity index (χ4v) is 0.252. The summed E-state index contributed by atoms with van der Waals surface area (Å²) in [6.45, 7) is -0.410. The Kier molecular flexibility index (Phi) is 4.93. The number of hydrogen-bond acceptors (Lipinski definition) is 0. The van der Waals surface area contributed by atoms with E-state index in [2.05, 4.69) is 0 Å². The van der Waals surface area contributed by atoms with Gasteiger partial charge in [0.25, 0.3) is 0 Å². The van der Waals surface area contributed by atoms with Crippen LogP contribution in [0.15, 0.2) is 12.2 Å². The number of hydrogen-bond donors (Lipinski definition) is 0. The molecule has 36 valence electrons. The largest absolute Gasteiger partial charge is 0.247 e. The molecule has 0 aliphatic heterocycles. The number of halogens is 2. The van der Waals surface area contributed by atoms with Gasteiger partial charge in [-0.3, -0.25) is 0 Å². The second-order valence-corrected chi connectivity index (χ2v) is 1.09. The molecule has 0 saturated heterocycles. The summed E-state index contributed by atoms with van der Waals surface area (Å²) < 4.78 is 11.0. The number of allylic oxidation sites excluding steroid dienone is 2. The van der Waals surface area contributed by atoms with Crippen LogP contribution >= 0.6 is 11.6 Å². The minimum absolute atomic E-state index is 0.407. The lowest BCUT2D eigenvalue weighted by Crippen LogP contribution is -1.61. The van der Waals surface area contributed by atoms with Gasteiger partial charge >= 0.3 is 0 Å². The Morgan fingerprint density at radius 1 is 1.50 bits per heavy atom. The first kappa shape index (κ1) is 5.96. The summed E-state index contributed by atoms with van der Waals surface area (Å²) in [6, 6.07) is 0. The molecule has 6 heavy (non-hydrogen) atoms. The molecule has 0 fully saturated rings. The van der Waals surface area contributed by atoms with Crippen LogP contribution in [0.25, 0.3) is 0 Å². The van der Waals surface area contributed by atoms with E-state index in [1.54, 1.807) is 6.08 Å². The van der Waals surface area contributed by atoms with E-state index in [1.807, 2.05) is 0 Å². The molecule has 0 aliphatic rings. The first-order valence-electron chi connectivity index (χ1n) is 1.68. The van der Waals surface area contributed by atoms with E-state index >= 15 is 0 Å². The molecular formula is C4H6ClF. The molecule has 0 heterocycles. The first-order chi connectivity index (χ1) is 2.91. The monoisotopic (exact) mass is 108 g/mol. The lowest BCUT2D eigenvalue weighted by atomic mass is 10.6. The van der Waals surface area contributed by atoms with Crippen molar-refractivity contribution in [2.75, 3.05) is 12.6 Å². The van der Waals surface area contributed by atoms with Crippen molar-refractivity contribution in [1.82, 2.24) is 0 Å². The normalized spacial score (nSPS) is 10.3. The van der Waals surface area contributed by atoms with E-state index in [0.29, 0.717) is 5.88 Å². The minimum Gasteiger partial charge on any atom is -0.247 e. The highest BCUT2D eigenvalue weighted by Crippen LogP contribution is 1.76. The predicted octanol–water partition coefficient (Wildman–Crippen LogP) is 1.75. The van der Waals surface area contributed by atoms with Crippen LogP contribution in [0.5, 0.6) is 0 Å².